The minimum Gasteiger partial charge on any atom is -0.294 e. The lowest BCUT2D eigenvalue weighted by atomic mass is 9.74. The summed E-state index contributed by atoms with van der Waals surface area (Å²) >= 11 is 0. The Morgan fingerprint density at radius 1 is 0.795 bits per heavy atom. The molecule has 0 saturated heterocycles. The van der Waals surface area contributed by atoms with Crippen LogP contribution in [0.2, 0.25) is 0 Å². The monoisotopic (exact) mass is 516 g/mol. The highest BCUT2D eigenvalue weighted by molar-refractivity contribution is 5.99. The Bertz CT molecular complexity index is 1400. The highest BCUT2D eigenvalue weighted by Gasteiger charge is 2.27. The van der Waals surface area contributed by atoms with E-state index in [9.17, 15) is 9.59 Å². The maximum absolute atomic E-state index is 13.3. The van der Waals surface area contributed by atoms with Gasteiger partial charge in [0.25, 0.3) is 0 Å². The van der Waals surface area contributed by atoms with E-state index >= 15 is 0 Å². The molecule has 39 heavy (non-hydrogen) atoms. The Morgan fingerprint density at radius 2 is 1.54 bits per heavy atom. The van der Waals surface area contributed by atoms with Crippen LogP contribution in [-0.2, 0) is 24.1 Å². The van der Waals surface area contributed by atoms with Gasteiger partial charge in [0.15, 0.2) is 11.6 Å². The first-order chi connectivity index (χ1) is 19.0. The molecule has 2 heteroatoms. The Morgan fingerprint density at radius 3 is 2.26 bits per heavy atom. The molecule has 2 aliphatic rings. The number of benzene rings is 3. The van der Waals surface area contributed by atoms with E-state index in [2.05, 4.69) is 68.4 Å². The highest BCUT2D eigenvalue weighted by atomic mass is 16.1. The van der Waals surface area contributed by atoms with Crippen molar-refractivity contribution in [3.63, 3.8) is 0 Å². The van der Waals surface area contributed by atoms with Gasteiger partial charge in [-0.05, 0) is 109 Å². The molecule has 0 heterocycles. The number of hydrogen-bond donors (Lipinski definition) is 0. The van der Waals surface area contributed by atoms with E-state index in [-0.39, 0.29) is 11.6 Å². The van der Waals surface area contributed by atoms with Gasteiger partial charge in [-0.25, -0.2) is 0 Å². The van der Waals surface area contributed by atoms with Crippen LogP contribution in [0, 0.1) is 6.92 Å². The zero-order valence-corrected chi connectivity index (χ0v) is 23.4. The van der Waals surface area contributed by atoms with Crippen molar-refractivity contribution in [1.29, 1.82) is 0 Å². The zero-order valence-electron chi connectivity index (χ0n) is 23.4. The lowest BCUT2D eigenvalue weighted by molar-refractivity contribution is -0.115. The smallest absolute Gasteiger partial charge is 0.163 e. The highest BCUT2D eigenvalue weighted by Crippen LogP contribution is 2.42. The first kappa shape index (κ1) is 27.1. The number of hydrogen-bond acceptors (Lipinski definition) is 2. The van der Waals surface area contributed by atoms with Crippen LogP contribution < -0.4 is 0 Å². The Hall–Kier alpha value is -3.52. The molecule has 0 aromatic heterocycles. The van der Waals surface area contributed by atoms with Crippen molar-refractivity contribution in [2.75, 3.05) is 0 Å². The Balaban J connectivity index is 1.33. The van der Waals surface area contributed by atoms with Crippen molar-refractivity contribution < 1.29 is 9.59 Å². The molecule has 0 amide bonds. The van der Waals surface area contributed by atoms with Gasteiger partial charge in [0, 0.05) is 18.4 Å². The average Bonchev–Trinajstić information content (AvgIpc) is 3.52. The lowest BCUT2D eigenvalue weighted by Crippen LogP contribution is -2.16. The molecule has 1 fully saturated rings. The van der Waals surface area contributed by atoms with Gasteiger partial charge in [0.2, 0.25) is 0 Å². The van der Waals surface area contributed by atoms with Crippen molar-refractivity contribution in [3.8, 4) is 0 Å². The van der Waals surface area contributed by atoms with Crippen LogP contribution in [0.3, 0.4) is 0 Å². The molecule has 5 rings (SSSR count). The summed E-state index contributed by atoms with van der Waals surface area (Å²) in [7, 11) is 0. The van der Waals surface area contributed by atoms with Gasteiger partial charge in [-0.1, -0.05) is 85.8 Å². The standard InChI is InChI=1S/C37H40O2/c1-3-27-10-8-11-28(23-27)15-22-36(38)32-20-21-35(33(24-32)25-37(39)31-12-5-6-13-31)30-18-16-29(17-19-30)34-14-7-4-9-26(34)2/h4-12,14,20-21,23-24,29-30H,3,13,15-19,22,25H2,1-2H3. The Kier molecular flexibility index (Phi) is 8.71. The van der Waals surface area contributed by atoms with E-state index in [1.165, 1.54) is 27.8 Å². The quantitative estimate of drug-likeness (QED) is 0.252. The topological polar surface area (TPSA) is 34.1 Å². The molecule has 200 valence electrons. The predicted octanol–water partition coefficient (Wildman–Crippen LogP) is 8.81. The Labute approximate surface area is 233 Å². The van der Waals surface area contributed by atoms with Crippen LogP contribution in [0.4, 0.5) is 0 Å². The van der Waals surface area contributed by atoms with E-state index < -0.39 is 0 Å². The van der Waals surface area contributed by atoms with Crippen molar-refractivity contribution >= 4 is 11.6 Å². The second kappa shape index (κ2) is 12.6. The summed E-state index contributed by atoms with van der Waals surface area (Å²) < 4.78 is 0. The van der Waals surface area contributed by atoms with Crippen LogP contribution >= 0.6 is 0 Å². The molecule has 2 aliphatic carbocycles. The molecule has 0 spiro atoms. The van der Waals surface area contributed by atoms with E-state index in [0.29, 0.717) is 31.1 Å². The van der Waals surface area contributed by atoms with Crippen LogP contribution in [0.1, 0.15) is 101 Å². The molecule has 1 saturated carbocycles. The van der Waals surface area contributed by atoms with Crippen molar-refractivity contribution in [1.82, 2.24) is 0 Å². The number of allylic oxidation sites excluding steroid dienone is 4. The fourth-order valence-corrected chi connectivity index (χ4v) is 6.44. The summed E-state index contributed by atoms with van der Waals surface area (Å²) in [4.78, 5) is 26.5. The number of carbonyl (C=O) groups excluding carboxylic acids is 2. The van der Waals surface area contributed by atoms with Gasteiger partial charge in [-0.2, -0.15) is 0 Å². The number of ketones is 2. The fourth-order valence-electron chi connectivity index (χ4n) is 6.44. The van der Waals surface area contributed by atoms with Crippen molar-refractivity contribution in [2.45, 2.75) is 83.5 Å². The van der Waals surface area contributed by atoms with Crippen LogP contribution in [0.5, 0.6) is 0 Å². The summed E-state index contributed by atoms with van der Waals surface area (Å²) in [6, 6.07) is 23.5. The molecule has 0 radical (unpaired) electrons. The molecule has 0 aliphatic heterocycles. The van der Waals surface area contributed by atoms with Gasteiger partial charge in [0.1, 0.15) is 0 Å². The third kappa shape index (κ3) is 6.56. The normalized spacial score (nSPS) is 18.7. The lowest BCUT2D eigenvalue weighted by Gasteiger charge is -2.31. The third-order valence-corrected chi connectivity index (χ3v) is 8.78. The van der Waals surface area contributed by atoms with E-state index in [1.807, 2.05) is 30.4 Å². The van der Waals surface area contributed by atoms with E-state index in [4.69, 9.17) is 0 Å². The molecule has 3 aromatic carbocycles. The molecular formula is C37H40O2. The van der Waals surface area contributed by atoms with Gasteiger partial charge < -0.3 is 0 Å². The molecule has 2 nitrogen and oxygen atoms in total. The fraction of sp³-hybridized carbons (Fsp3) is 0.351. The third-order valence-electron chi connectivity index (χ3n) is 8.78. The number of Topliss-reactive ketones (excluding diaryl/α,β-unsaturated/α-hetero) is 2. The first-order valence-electron chi connectivity index (χ1n) is 14.7. The largest absolute Gasteiger partial charge is 0.294 e. The molecule has 0 bridgehead atoms. The summed E-state index contributed by atoms with van der Waals surface area (Å²) in [5.74, 6) is 1.37. The number of aryl methyl sites for hydroxylation is 3. The van der Waals surface area contributed by atoms with Gasteiger partial charge in [0.05, 0.1) is 0 Å². The summed E-state index contributed by atoms with van der Waals surface area (Å²) in [5, 5.41) is 0. The van der Waals surface area contributed by atoms with E-state index in [0.717, 1.165) is 55.2 Å². The molecule has 0 unspecified atom stereocenters. The molecular weight excluding hydrogens is 476 g/mol. The maximum atomic E-state index is 13.3. The summed E-state index contributed by atoms with van der Waals surface area (Å²) in [5.41, 5.74) is 9.31. The van der Waals surface area contributed by atoms with Gasteiger partial charge in [-0.3, -0.25) is 9.59 Å². The summed E-state index contributed by atoms with van der Waals surface area (Å²) in [6.45, 7) is 4.37. The maximum Gasteiger partial charge on any atom is 0.163 e. The molecule has 0 N–H and O–H groups in total. The SMILES string of the molecule is CCc1cccc(CCC(=O)c2ccc(C3CCC(c4ccccc4C)CC3)c(CC(=O)C3=CC=CC3)c2)c1. The van der Waals surface area contributed by atoms with Crippen LogP contribution in [-0.4, -0.2) is 11.6 Å². The summed E-state index contributed by atoms with van der Waals surface area (Å²) in [6.07, 6.45) is 13.8. The van der Waals surface area contributed by atoms with Gasteiger partial charge in [-0.15, -0.1) is 0 Å². The predicted molar refractivity (Wildman–Crippen MR) is 161 cm³/mol. The number of rotatable bonds is 10. The minimum absolute atomic E-state index is 0.155. The minimum atomic E-state index is 0.155. The van der Waals surface area contributed by atoms with Crippen LogP contribution in [0.15, 0.2) is 90.5 Å². The molecule has 0 atom stereocenters. The van der Waals surface area contributed by atoms with Crippen LogP contribution in [0.25, 0.3) is 0 Å². The molecule has 3 aromatic rings. The average molecular weight is 517 g/mol. The second-order valence-electron chi connectivity index (χ2n) is 11.3. The van der Waals surface area contributed by atoms with Crippen molar-refractivity contribution in [2.24, 2.45) is 0 Å². The van der Waals surface area contributed by atoms with Gasteiger partial charge >= 0.3 is 0 Å². The first-order valence-corrected chi connectivity index (χ1v) is 14.7. The van der Waals surface area contributed by atoms with Crippen molar-refractivity contribution in [3.05, 3.63) is 129 Å². The van der Waals surface area contributed by atoms with E-state index in [1.54, 1.807) is 0 Å². The second-order valence-corrected chi connectivity index (χ2v) is 11.3. The number of carbonyl (C=O) groups is 2. The zero-order chi connectivity index (χ0) is 27.2.